The summed E-state index contributed by atoms with van der Waals surface area (Å²) in [4.78, 5) is 16.2. The van der Waals surface area contributed by atoms with Gasteiger partial charge in [-0.1, -0.05) is 30.3 Å². The van der Waals surface area contributed by atoms with E-state index in [0.717, 1.165) is 5.56 Å². The summed E-state index contributed by atoms with van der Waals surface area (Å²) in [5.41, 5.74) is -0.251. The summed E-state index contributed by atoms with van der Waals surface area (Å²) >= 11 is 0. The maximum atomic E-state index is 11.9. The lowest BCUT2D eigenvalue weighted by atomic mass is 9.96. The first-order chi connectivity index (χ1) is 12.5. The lowest BCUT2D eigenvalue weighted by molar-refractivity contribution is -0.119. The molecule has 2 rings (SSSR count). The molecule has 0 saturated carbocycles. The fraction of sp³-hybridized carbons (Fsp3) is 0.368. The van der Waals surface area contributed by atoms with Crippen LogP contribution in [0.2, 0.25) is 0 Å². The number of nitrogens with one attached hydrogen (secondary N) is 3. The van der Waals surface area contributed by atoms with E-state index in [1.54, 1.807) is 25.3 Å². The molecule has 0 spiro atoms. The summed E-state index contributed by atoms with van der Waals surface area (Å²) in [5, 5.41) is 19.5. The highest BCUT2D eigenvalue weighted by molar-refractivity contribution is 14.0. The SMILES string of the molecule is CCNC(=NCC(=O)NCc1ccco1)NCC(C)(O)c1ccccc1.I. The van der Waals surface area contributed by atoms with Gasteiger partial charge in [-0.25, -0.2) is 4.99 Å². The largest absolute Gasteiger partial charge is 0.467 e. The smallest absolute Gasteiger partial charge is 0.242 e. The second-order valence-corrected chi connectivity index (χ2v) is 6.04. The van der Waals surface area contributed by atoms with Crippen LogP contribution in [0.4, 0.5) is 0 Å². The normalized spacial score (nSPS) is 13.2. The van der Waals surface area contributed by atoms with Crippen LogP contribution in [0, 0.1) is 0 Å². The molecule has 27 heavy (non-hydrogen) atoms. The second kappa shape index (κ2) is 11.6. The van der Waals surface area contributed by atoms with Crippen molar-refractivity contribution < 1.29 is 14.3 Å². The van der Waals surface area contributed by atoms with Crippen LogP contribution in [0.25, 0.3) is 0 Å². The fourth-order valence-corrected chi connectivity index (χ4v) is 2.30. The van der Waals surface area contributed by atoms with Gasteiger partial charge in [-0.05, 0) is 31.5 Å². The Morgan fingerprint density at radius 3 is 2.52 bits per heavy atom. The van der Waals surface area contributed by atoms with Crippen molar-refractivity contribution in [3.63, 3.8) is 0 Å². The molecule has 8 heteroatoms. The van der Waals surface area contributed by atoms with Crippen LogP contribution < -0.4 is 16.0 Å². The molecule has 0 bridgehead atoms. The highest BCUT2D eigenvalue weighted by Crippen LogP contribution is 2.18. The third-order valence-corrected chi connectivity index (χ3v) is 3.76. The van der Waals surface area contributed by atoms with Gasteiger partial charge in [0, 0.05) is 6.54 Å². The Kier molecular flexibility index (Phi) is 9.87. The minimum Gasteiger partial charge on any atom is -0.467 e. The van der Waals surface area contributed by atoms with Crippen molar-refractivity contribution in [3.05, 3.63) is 60.1 Å². The predicted molar refractivity (Wildman–Crippen MR) is 116 cm³/mol. The number of aliphatic hydroxyl groups is 1. The highest BCUT2D eigenvalue weighted by atomic mass is 127. The molecular weight excluding hydrogens is 459 g/mol. The van der Waals surface area contributed by atoms with Crippen LogP contribution in [-0.4, -0.2) is 36.6 Å². The number of hydrogen-bond acceptors (Lipinski definition) is 4. The maximum absolute atomic E-state index is 11.9. The summed E-state index contributed by atoms with van der Waals surface area (Å²) in [6.45, 7) is 4.88. The average Bonchev–Trinajstić information content (AvgIpc) is 3.16. The first-order valence-electron chi connectivity index (χ1n) is 8.60. The molecule has 1 amide bonds. The zero-order chi connectivity index (χ0) is 18.8. The lowest BCUT2D eigenvalue weighted by Gasteiger charge is -2.25. The standard InChI is InChI=1S/C19H26N4O3.HI/c1-3-20-18(22-13-17(24)21-12-16-10-7-11-26-16)23-14-19(2,25)15-8-5-4-6-9-15;/h4-11,25H,3,12-14H2,1-2H3,(H,21,24)(H2,20,22,23);1H. The number of carbonyl (C=O) groups is 1. The number of halogens is 1. The summed E-state index contributed by atoms with van der Waals surface area (Å²) in [7, 11) is 0. The van der Waals surface area contributed by atoms with Gasteiger partial charge in [0.2, 0.25) is 5.91 Å². The van der Waals surface area contributed by atoms with E-state index in [1.165, 1.54) is 0 Å². The summed E-state index contributed by atoms with van der Waals surface area (Å²) < 4.78 is 5.16. The number of amides is 1. The van der Waals surface area contributed by atoms with Crippen molar-refractivity contribution in [2.75, 3.05) is 19.6 Å². The zero-order valence-electron chi connectivity index (χ0n) is 15.6. The molecule has 0 radical (unpaired) electrons. The third-order valence-electron chi connectivity index (χ3n) is 3.76. The number of hydrogen-bond donors (Lipinski definition) is 4. The summed E-state index contributed by atoms with van der Waals surface area (Å²) in [6.07, 6.45) is 1.56. The number of guanidine groups is 1. The molecular formula is C19H27IN4O3. The van der Waals surface area contributed by atoms with Crippen LogP contribution >= 0.6 is 24.0 Å². The number of benzene rings is 1. The molecule has 4 N–H and O–H groups in total. The van der Waals surface area contributed by atoms with Crippen LogP contribution in [0.15, 0.2) is 58.1 Å². The molecule has 0 aliphatic heterocycles. The Labute approximate surface area is 176 Å². The predicted octanol–water partition coefficient (Wildman–Crippen LogP) is 1.98. The van der Waals surface area contributed by atoms with Gasteiger partial charge in [-0.3, -0.25) is 4.79 Å². The fourth-order valence-electron chi connectivity index (χ4n) is 2.30. The number of aliphatic imine (C=N–C) groups is 1. The molecule has 0 aliphatic carbocycles. The number of furan rings is 1. The van der Waals surface area contributed by atoms with Crippen molar-refractivity contribution in [2.45, 2.75) is 26.0 Å². The van der Waals surface area contributed by atoms with E-state index in [0.29, 0.717) is 24.8 Å². The minimum atomic E-state index is -1.06. The van der Waals surface area contributed by atoms with E-state index < -0.39 is 5.60 Å². The monoisotopic (exact) mass is 486 g/mol. The van der Waals surface area contributed by atoms with Gasteiger partial charge in [-0.15, -0.1) is 24.0 Å². The van der Waals surface area contributed by atoms with Crippen molar-refractivity contribution >= 4 is 35.8 Å². The molecule has 148 valence electrons. The Morgan fingerprint density at radius 2 is 1.89 bits per heavy atom. The van der Waals surface area contributed by atoms with Crippen molar-refractivity contribution in [2.24, 2.45) is 4.99 Å². The van der Waals surface area contributed by atoms with E-state index >= 15 is 0 Å². The maximum Gasteiger partial charge on any atom is 0.242 e. The number of nitrogens with zero attached hydrogens (tertiary/aromatic N) is 1. The van der Waals surface area contributed by atoms with Crippen molar-refractivity contribution in [1.82, 2.24) is 16.0 Å². The van der Waals surface area contributed by atoms with Crippen molar-refractivity contribution in [3.8, 4) is 0 Å². The third kappa shape index (κ3) is 8.00. The number of carbonyl (C=O) groups excluding carboxylic acids is 1. The van der Waals surface area contributed by atoms with Gasteiger partial charge in [0.25, 0.3) is 0 Å². The average molecular weight is 486 g/mol. The molecule has 1 aromatic heterocycles. The molecule has 1 aromatic carbocycles. The van der Waals surface area contributed by atoms with Crippen molar-refractivity contribution in [1.29, 1.82) is 0 Å². The zero-order valence-corrected chi connectivity index (χ0v) is 17.9. The Bertz CT molecular complexity index is 703. The van der Waals surface area contributed by atoms with Gasteiger partial charge < -0.3 is 25.5 Å². The van der Waals surface area contributed by atoms with E-state index in [9.17, 15) is 9.90 Å². The summed E-state index contributed by atoms with van der Waals surface area (Å²) in [6, 6.07) is 13.0. The molecule has 0 aliphatic rings. The van der Waals surface area contributed by atoms with Crippen LogP contribution in [-0.2, 0) is 16.9 Å². The molecule has 1 unspecified atom stereocenters. The first kappa shape index (κ1) is 23.0. The topological polar surface area (TPSA) is 98.9 Å². The van der Waals surface area contributed by atoms with Gasteiger partial charge >= 0.3 is 0 Å². The first-order valence-corrected chi connectivity index (χ1v) is 8.60. The van der Waals surface area contributed by atoms with E-state index in [4.69, 9.17) is 4.42 Å². The van der Waals surface area contributed by atoms with Gasteiger partial charge in [0.15, 0.2) is 5.96 Å². The molecule has 1 atom stereocenters. The van der Waals surface area contributed by atoms with Crippen LogP contribution in [0.3, 0.4) is 0 Å². The highest BCUT2D eigenvalue weighted by Gasteiger charge is 2.22. The Hall–Kier alpha value is -2.07. The van der Waals surface area contributed by atoms with Gasteiger partial charge in [-0.2, -0.15) is 0 Å². The van der Waals surface area contributed by atoms with Crippen LogP contribution in [0.5, 0.6) is 0 Å². The minimum absolute atomic E-state index is 0. The van der Waals surface area contributed by atoms with E-state index in [1.807, 2.05) is 37.3 Å². The molecule has 0 saturated heterocycles. The van der Waals surface area contributed by atoms with Crippen LogP contribution in [0.1, 0.15) is 25.2 Å². The van der Waals surface area contributed by atoms with E-state index in [-0.39, 0.29) is 43.0 Å². The quantitative estimate of drug-likeness (QED) is 0.260. The Balaban J connectivity index is 0.00000364. The van der Waals surface area contributed by atoms with Gasteiger partial charge in [0.1, 0.15) is 17.9 Å². The van der Waals surface area contributed by atoms with Gasteiger partial charge in [0.05, 0.1) is 19.4 Å². The van der Waals surface area contributed by atoms with E-state index in [2.05, 4.69) is 20.9 Å². The second-order valence-electron chi connectivity index (χ2n) is 6.04. The lowest BCUT2D eigenvalue weighted by Crippen LogP contribution is -2.45. The summed E-state index contributed by atoms with van der Waals surface area (Å²) in [5.74, 6) is 0.941. The molecule has 0 fully saturated rings. The number of rotatable bonds is 8. The molecule has 1 heterocycles. The Morgan fingerprint density at radius 1 is 1.15 bits per heavy atom. The molecule has 2 aromatic rings. The molecule has 7 nitrogen and oxygen atoms in total.